The Hall–Kier alpha value is -1.58. The smallest absolute Gasteiger partial charge is 0.222 e. The zero-order valence-electron chi connectivity index (χ0n) is 12.3. The summed E-state index contributed by atoms with van der Waals surface area (Å²) in [6.07, 6.45) is 4.44. The van der Waals surface area contributed by atoms with E-state index in [0.717, 1.165) is 17.7 Å². The molecule has 21 heavy (non-hydrogen) atoms. The SMILES string of the molecule is Cc1ccc(Oc2ncc(CNC3CC3)cc2C)c(Cl)c1. The summed E-state index contributed by atoms with van der Waals surface area (Å²) in [7, 11) is 0. The molecule has 4 heteroatoms. The van der Waals surface area contributed by atoms with E-state index >= 15 is 0 Å². The maximum Gasteiger partial charge on any atom is 0.222 e. The molecule has 1 heterocycles. The van der Waals surface area contributed by atoms with E-state index in [9.17, 15) is 0 Å². The Kier molecular flexibility index (Phi) is 4.13. The van der Waals surface area contributed by atoms with Gasteiger partial charge in [0.2, 0.25) is 5.88 Å². The molecule has 0 saturated heterocycles. The highest BCUT2D eigenvalue weighted by molar-refractivity contribution is 6.32. The van der Waals surface area contributed by atoms with E-state index in [-0.39, 0.29) is 0 Å². The van der Waals surface area contributed by atoms with Crippen molar-refractivity contribution in [3.63, 3.8) is 0 Å². The molecule has 0 atom stereocenters. The highest BCUT2D eigenvalue weighted by Gasteiger charge is 2.20. The molecule has 1 aromatic heterocycles. The van der Waals surface area contributed by atoms with Crippen molar-refractivity contribution in [3.05, 3.63) is 52.2 Å². The van der Waals surface area contributed by atoms with Gasteiger partial charge in [0, 0.05) is 24.3 Å². The molecule has 0 unspecified atom stereocenters. The number of hydrogen-bond donors (Lipinski definition) is 1. The highest BCUT2D eigenvalue weighted by atomic mass is 35.5. The van der Waals surface area contributed by atoms with Gasteiger partial charge in [0.05, 0.1) is 5.02 Å². The van der Waals surface area contributed by atoms with Crippen LogP contribution in [0.15, 0.2) is 30.5 Å². The fraction of sp³-hybridized carbons (Fsp3) is 0.353. The second kappa shape index (κ2) is 6.04. The van der Waals surface area contributed by atoms with Crippen molar-refractivity contribution in [1.82, 2.24) is 10.3 Å². The van der Waals surface area contributed by atoms with E-state index in [1.54, 1.807) is 0 Å². The number of ether oxygens (including phenoxy) is 1. The van der Waals surface area contributed by atoms with Crippen molar-refractivity contribution < 1.29 is 4.74 Å². The minimum Gasteiger partial charge on any atom is -0.437 e. The van der Waals surface area contributed by atoms with Crippen molar-refractivity contribution in [2.75, 3.05) is 0 Å². The number of aromatic nitrogens is 1. The van der Waals surface area contributed by atoms with Crippen molar-refractivity contribution in [3.8, 4) is 11.6 Å². The van der Waals surface area contributed by atoms with Crippen LogP contribution in [0.3, 0.4) is 0 Å². The molecule has 0 amide bonds. The highest BCUT2D eigenvalue weighted by Crippen LogP contribution is 2.30. The minimum atomic E-state index is 0.607. The molecular formula is C17H19ClN2O. The summed E-state index contributed by atoms with van der Waals surface area (Å²) < 4.78 is 5.82. The van der Waals surface area contributed by atoms with Gasteiger partial charge in [-0.05, 0) is 56.0 Å². The molecule has 3 nitrogen and oxygen atoms in total. The molecule has 1 aromatic carbocycles. The fourth-order valence-electron chi connectivity index (χ4n) is 2.17. The van der Waals surface area contributed by atoms with Gasteiger partial charge in [0.1, 0.15) is 5.75 Å². The zero-order valence-corrected chi connectivity index (χ0v) is 13.1. The third-order valence-corrected chi connectivity index (χ3v) is 3.85. The summed E-state index contributed by atoms with van der Waals surface area (Å²) in [5.74, 6) is 1.25. The summed E-state index contributed by atoms with van der Waals surface area (Å²) in [5.41, 5.74) is 3.31. The Bertz CT molecular complexity index is 653. The Morgan fingerprint density at radius 3 is 2.76 bits per heavy atom. The van der Waals surface area contributed by atoms with Crippen LogP contribution >= 0.6 is 11.6 Å². The number of nitrogens with one attached hydrogen (secondary N) is 1. The summed E-state index contributed by atoms with van der Waals surface area (Å²) in [4.78, 5) is 4.41. The van der Waals surface area contributed by atoms with Gasteiger partial charge in [-0.3, -0.25) is 0 Å². The lowest BCUT2D eigenvalue weighted by molar-refractivity contribution is 0.458. The molecular weight excluding hydrogens is 284 g/mol. The number of aryl methyl sites for hydroxylation is 2. The van der Waals surface area contributed by atoms with Crippen LogP contribution in [0.25, 0.3) is 0 Å². The van der Waals surface area contributed by atoms with Gasteiger partial charge in [-0.25, -0.2) is 4.98 Å². The number of benzene rings is 1. The second-order valence-corrected chi connectivity index (χ2v) is 6.06. The molecule has 2 aromatic rings. The van der Waals surface area contributed by atoms with E-state index in [0.29, 0.717) is 22.7 Å². The number of halogens is 1. The summed E-state index contributed by atoms with van der Waals surface area (Å²) in [6.45, 7) is 4.87. The van der Waals surface area contributed by atoms with Crippen molar-refractivity contribution in [2.24, 2.45) is 0 Å². The average Bonchev–Trinajstić information content (AvgIpc) is 3.26. The van der Waals surface area contributed by atoms with Crippen molar-refractivity contribution >= 4 is 11.6 Å². The van der Waals surface area contributed by atoms with E-state index in [4.69, 9.17) is 16.3 Å². The monoisotopic (exact) mass is 302 g/mol. The number of hydrogen-bond acceptors (Lipinski definition) is 3. The lowest BCUT2D eigenvalue weighted by Crippen LogP contribution is -2.15. The fourth-order valence-corrected chi connectivity index (χ4v) is 2.44. The molecule has 110 valence electrons. The Morgan fingerprint density at radius 2 is 2.10 bits per heavy atom. The van der Waals surface area contributed by atoms with Gasteiger partial charge in [-0.2, -0.15) is 0 Å². The van der Waals surface area contributed by atoms with Gasteiger partial charge in [0.25, 0.3) is 0 Å². The maximum atomic E-state index is 6.19. The van der Waals surface area contributed by atoms with Gasteiger partial charge >= 0.3 is 0 Å². The molecule has 0 radical (unpaired) electrons. The molecule has 1 N–H and O–H groups in total. The van der Waals surface area contributed by atoms with Gasteiger partial charge in [-0.15, -0.1) is 0 Å². The van der Waals surface area contributed by atoms with Crippen molar-refractivity contribution in [1.29, 1.82) is 0 Å². The molecule has 1 aliphatic rings. The average molecular weight is 303 g/mol. The van der Waals surface area contributed by atoms with Crippen LogP contribution in [0.4, 0.5) is 0 Å². The molecule has 1 saturated carbocycles. The standard InChI is InChI=1S/C17H19ClN2O/c1-11-3-6-16(15(18)7-11)21-17-12(2)8-13(10-20-17)9-19-14-4-5-14/h3,6-8,10,14,19H,4-5,9H2,1-2H3. The van der Waals surface area contributed by atoms with E-state index in [1.807, 2.05) is 38.2 Å². The normalized spacial score (nSPS) is 14.2. The maximum absolute atomic E-state index is 6.19. The summed E-state index contributed by atoms with van der Waals surface area (Å²) in [6, 6.07) is 8.55. The molecule has 0 aliphatic heterocycles. The van der Waals surface area contributed by atoms with Crippen LogP contribution in [0.2, 0.25) is 5.02 Å². The lowest BCUT2D eigenvalue weighted by Gasteiger charge is -2.11. The Balaban J connectivity index is 1.72. The molecule has 0 spiro atoms. The predicted octanol–water partition coefficient (Wildman–Crippen LogP) is 4.40. The summed E-state index contributed by atoms with van der Waals surface area (Å²) >= 11 is 6.19. The third-order valence-electron chi connectivity index (χ3n) is 3.55. The third kappa shape index (κ3) is 3.74. The first-order chi connectivity index (χ1) is 10.1. The molecule has 1 aliphatic carbocycles. The minimum absolute atomic E-state index is 0.607. The molecule has 0 bridgehead atoms. The van der Waals surface area contributed by atoms with Gasteiger partial charge in [-0.1, -0.05) is 17.7 Å². The first kappa shape index (κ1) is 14.4. The van der Waals surface area contributed by atoms with E-state index in [1.165, 1.54) is 18.4 Å². The van der Waals surface area contributed by atoms with E-state index in [2.05, 4.69) is 16.4 Å². The van der Waals surface area contributed by atoms with Gasteiger partial charge in [0.15, 0.2) is 0 Å². The van der Waals surface area contributed by atoms with Crippen molar-refractivity contribution in [2.45, 2.75) is 39.3 Å². The van der Waals surface area contributed by atoms with Gasteiger partial charge < -0.3 is 10.1 Å². The molecule has 1 fully saturated rings. The van der Waals surface area contributed by atoms with Crippen LogP contribution in [-0.4, -0.2) is 11.0 Å². The van der Waals surface area contributed by atoms with Crippen LogP contribution in [0.5, 0.6) is 11.6 Å². The second-order valence-electron chi connectivity index (χ2n) is 5.66. The first-order valence-electron chi connectivity index (χ1n) is 7.25. The zero-order chi connectivity index (χ0) is 14.8. The molecule has 3 rings (SSSR count). The van der Waals surface area contributed by atoms with E-state index < -0.39 is 0 Å². The Morgan fingerprint density at radius 1 is 1.29 bits per heavy atom. The number of nitrogens with zero attached hydrogens (tertiary/aromatic N) is 1. The largest absolute Gasteiger partial charge is 0.437 e. The number of pyridine rings is 1. The number of rotatable bonds is 5. The van der Waals surface area contributed by atoms with Crippen LogP contribution < -0.4 is 10.1 Å². The van der Waals surface area contributed by atoms with Crippen LogP contribution in [-0.2, 0) is 6.54 Å². The summed E-state index contributed by atoms with van der Waals surface area (Å²) in [5, 5.41) is 4.09. The predicted molar refractivity (Wildman–Crippen MR) is 85.1 cm³/mol. The van der Waals surface area contributed by atoms with Crippen LogP contribution in [0, 0.1) is 13.8 Å². The quantitative estimate of drug-likeness (QED) is 0.889. The van der Waals surface area contributed by atoms with Crippen LogP contribution in [0.1, 0.15) is 29.5 Å². The topological polar surface area (TPSA) is 34.1 Å². The Labute approximate surface area is 130 Å². The lowest BCUT2D eigenvalue weighted by atomic mass is 10.2. The first-order valence-corrected chi connectivity index (χ1v) is 7.62.